The van der Waals surface area contributed by atoms with Crippen LogP contribution in [-0.2, 0) is 9.59 Å². The van der Waals surface area contributed by atoms with Crippen molar-refractivity contribution in [1.29, 1.82) is 0 Å². The number of hydrogen-bond acceptors (Lipinski definition) is 2. The van der Waals surface area contributed by atoms with E-state index in [2.05, 4.69) is 45.2 Å². The van der Waals surface area contributed by atoms with Gasteiger partial charge in [0.05, 0.1) is 0 Å². The Morgan fingerprint density at radius 2 is 1.30 bits per heavy atom. The van der Waals surface area contributed by atoms with Crippen molar-refractivity contribution in [2.45, 2.75) is 20.7 Å². The largest absolute Gasteiger partial charge is 0.291 e. The molecule has 0 amide bonds. The van der Waals surface area contributed by atoms with Crippen molar-refractivity contribution < 1.29 is 9.59 Å². The number of halogens is 2. The van der Waals surface area contributed by atoms with Crippen molar-refractivity contribution in [3.63, 3.8) is 0 Å². The molecule has 56 valence electrons. The third-order valence-electron chi connectivity index (χ3n) is 1.46. The second kappa shape index (κ2) is 3.46. The molecule has 0 saturated heterocycles. The molecule has 0 spiro atoms. The van der Waals surface area contributed by atoms with Gasteiger partial charge in [0.25, 0.3) is 0 Å². The van der Waals surface area contributed by atoms with Crippen LogP contribution in [0.4, 0.5) is 0 Å². The van der Waals surface area contributed by atoms with Gasteiger partial charge in [0.1, 0.15) is 0 Å². The van der Waals surface area contributed by atoms with Crippen molar-refractivity contribution in [1.82, 2.24) is 0 Å². The van der Waals surface area contributed by atoms with Crippen LogP contribution in [0.5, 0.6) is 0 Å². The summed E-state index contributed by atoms with van der Waals surface area (Å²) in [6, 6.07) is 0. The third-order valence-corrected chi connectivity index (χ3v) is 5.46. The van der Waals surface area contributed by atoms with E-state index in [1.807, 2.05) is 0 Å². The van der Waals surface area contributed by atoms with Crippen LogP contribution >= 0.6 is 45.2 Å². The molecule has 0 radical (unpaired) electrons. The zero-order chi connectivity index (χ0) is 7.72. The van der Waals surface area contributed by atoms with E-state index >= 15 is 0 Å². The molecule has 0 heterocycles. The average molecular weight is 364 g/mol. The van der Waals surface area contributed by atoms with Gasteiger partial charge in [-0.1, -0.05) is 45.2 Å². The van der Waals surface area contributed by atoms with Crippen LogP contribution in [0, 0.1) is 0 Å². The molecule has 2 unspecified atom stereocenters. The summed E-state index contributed by atoms with van der Waals surface area (Å²) in [7, 11) is 0. The number of ketones is 2. The van der Waals surface area contributed by atoms with Gasteiger partial charge < -0.3 is 0 Å². The van der Waals surface area contributed by atoms with Gasteiger partial charge in [0, 0.05) is 20.7 Å². The Hall–Kier alpha value is 0.800. The molecule has 4 heteroatoms. The lowest BCUT2D eigenvalue weighted by atomic mass is 9.98. The highest BCUT2D eigenvalue weighted by molar-refractivity contribution is 14.1. The Kier molecular flexibility index (Phi) is 3.08. The fourth-order valence-corrected chi connectivity index (χ4v) is 2.15. The highest BCUT2D eigenvalue weighted by atomic mass is 127. The minimum Gasteiger partial charge on any atom is -0.291 e. The van der Waals surface area contributed by atoms with Crippen LogP contribution in [-0.4, -0.2) is 19.4 Å². The summed E-state index contributed by atoms with van der Waals surface area (Å²) in [5.74, 6) is -0.375. The number of carbonyl (C=O) groups is 2. The molecule has 1 aliphatic carbocycles. The first-order valence-corrected chi connectivity index (χ1v) is 5.44. The van der Waals surface area contributed by atoms with Gasteiger partial charge in [-0.15, -0.1) is 0 Å². The molecular formula is C6H6I2O2. The summed E-state index contributed by atoms with van der Waals surface area (Å²) >= 11 is 4.45. The molecule has 0 N–H and O–H groups in total. The second-order valence-electron chi connectivity index (χ2n) is 2.29. The second-order valence-corrected chi connectivity index (χ2v) is 5.49. The summed E-state index contributed by atoms with van der Waals surface area (Å²) in [5, 5.41) is 0. The van der Waals surface area contributed by atoms with Crippen LogP contribution in [0.3, 0.4) is 0 Å². The Morgan fingerprint density at radius 1 is 1.00 bits per heavy atom. The maximum Gasteiger partial charge on any atom is 0.199 e. The van der Waals surface area contributed by atoms with Gasteiger partial charge in [-0.2, -0.15) is 0 Å². The predicted octanol–water partition coefficient (Wildman–Crippen LogP) is 1.53. The summed E-state index contributed by atoms with van der Waals surface area (Å²) in [5.41, 5.74) is 0. The lowest BCUT2D eigenvalue weighted by Gasteiger charge is -2.19. The minimum atomic E-state index is -0.188. The van der Waals surface area contributed by atoms with Crippen LogP contribution < -0.4 is 0 Å². The van der Waals surface area contributed by atoms with Gasteiger partial charge in [0.15, 0.2) is 11.6 Å². The summed E-state index contributed by atoms with van der Waals surface area (Å²) in [6.45, 7) is 0. The van der Waals surface area contributed by atoms with E-state index in [0.717, 1.165) is 0 Å². The minimum absolute atomic E-state index is 0.188. The first-order chi connectivity index (χ1) is 4.61. The fourth-order valence-electron chi connectivity index (χ4n) is 0.838. The number of alkyl halides is 2. The van der Waals surface area contributed by atoms with Crippen LogP contribution in [0.25, 0.3) is 0 Å². The van der Waals surface area contributed by atoms with Gasteiger partial charge in [-0.25, -0.2) is 0 Å². The quantitative estimate of drug-likeness (QED) is 0.371. The molecule has 10 heavy (non-hydrogen) atoms. The van der Waals surface area contributed by atoms with Crippen LogP contribution in [0.2, 0.25) is 0 Å². The normalized spacial score (nSPS) is 34.6. The highest BCUT2D eigenvalue weighted by Crippen LogP contribution is 2.26. The lowest BCUT2D eigenvalue weighted by molar-refractivity contribution is -0.137. The number of hydrogen-bond donors (Lipinski definition) is 0. The number of carbonyl (C=O) groups excluding carboxylic acids is 2. The first kappa shape index (κ1) is 8.89. The van der Waals surface area contributed by atoms with E-state index in [1.165, 1.54) is 0 Å². The number of rotatable bonds is 0. The molecule has 0 aliphatic heterocycles. The fraction of sp³-hybridized carbons (Fsp3) is 0.667. The summed E-state index contributed by atoms with van der Waals surface area (Å²) in [6.07, 6.45) is 0.875. The van der Waals surface area contributed by atoms with E-state index in [1.54, 1.807) is 0 Å². The molecule has 2 atom stereocenters. The topological polar surface area (TPSA) is 34.1 Å². The van der Waals surface area contributed by atoms with Crippen molar-refractivity contribution in [3.05, 3.63) is 0 Å². The Labute approximate surface area is 86.4 Å². The summed E-state index contributed by atoms with van der Waals surface area (Å²) in [4.78, 5) is 21.6. The maximum absolute atomic E-state index is 10.8. The van der Waals surface area contributed by atoms with Gasteiger partial charge in [-0.05, 0) is 0 Å². The monoisotopic (exact) mass is 364 g/mol. The molecule has 1 fully saturated rings. The Balaban J connectivity index is 2.63. The molecular weight excluding hydrogens is 358 g/mol. The van der Waals surface area contributed by atoms with E-state index in [9.17, 15) is 9.59 Å². The Bertz CT molecular complexity index is 159. The van der Waals surface area contributed by atoms with Gasteiger partial charge in [0.2, 0.25) is 0 Å². The molecule has 0 bridgehead atoms. The van der Waals surface area contributed by atoms with E-state index in [-0.39, 0.29) is 11.6 Å². The molecule has 1 rings (SSSR count). The third kappa shape index (κ3) is 1.90. The molecule has 1 saturated carbocycles. The van der Waals surface area contributed by atoms with E-state index < -0.39 is 0 Å². The molecule has 0 aromatic carbocycles. The zero-order valence-corrected chi connectivity index (χ0v) is 9.46. The van der Waals surface area contributed by atoms with Crippen molar-refractivity contribution in [2.24, 2.45) is 0 Å². The lowest BCUT2D eigenvalue weighted by Crippen LogP contribution is -2.32. The van der Waals surface area contributed by atoms with E-state index in [4.69, 9.17) is 0 Å². The summed E-state index contributed by atoms with van der Waals surface area (Å²) < 4.78 is 0.701. The Morgan fingerprint density at radius 3 is 1.60 bits per heavy atom. The standard InChI is InChI=1S/C6H6I2O2/c7-3-1-5(9)6(10)2-4(3)8/h3-4H,1-2H2. The molecule has 2 nitrogen and oxygen atoms in total. The highest BCUT2D eigenvalue weighted by Gasteiger charge is 2.31. The molecule has 0 aromatic rings. The maximum atomic E-state index is 10.8. The van der Waals surface area contributed by atoms with Crippen molar-refractivity contribution in [2.75, 3.05) is 0 Å². The SMILES string of the molecule is O=C1CC(I)C(I)CC1=O. The smallest absolute Gasteiger partial charge is 0.199 e. The van der Waals surface area contributed by atoms with Crippen LogP contribution in [0.1, 0.15) is 12.8 Å². The van der Waals surface area contributed by atoms with Gasteiger partial charge in [-0.3, -0.25) is 9.59 Å². The average Bonchev–Trinajstić information content (AvgIpc) is 1.84. The number of Topliss-reactive ketones (excluding diaryl/α,β-unsaturated/α-hetero) is 2. The van der Waals surface area contributed by atoms with Crippen LogP contribution in [0.15, 0.2) is 0 Å². The van der Waals surface area contributed by atoms with E-state index in [0.29, 0.717) is 20.7 Å². The predicted molar refractivity (Wildman–Crippen MR) is 54.9 cm³/mol. The first-order valence-electron chi connectivity index (χ1n) is 2.95. The van der Waals surface area contributed by atoms with Crippen molar-refractivity contribution >= 4 is 56.7 Å². The zero-order valence-electron chi connectivity index (χ0n) is 5.14. The van der Waals surface area contributed by atoms with Gasteiger partial charge >= 0.3 is 0 Å². The van der Waals surface area contributed by atoms with Crippen molar-refractivity contribution in [3.8, 4) is 0 Å². The molecule has 0 aromatic heterocycles. The molecule has 1 aliphatic rings.